The molecule has 5 rings (SSSR count). The van der Waals surface area contributed by atoms with Gasteiger partial charge in [0.15, 0.2) is 0 Å². The Morgan fingerprint density at radius 1 is 1.05 bits per heavy atom. The van der Waals surface area contributed by atoms with E-state index in [0.29, 0.717) is 24.2 Å². The second-order valence-electron chi connectivity index (χ2n) is 11.8. The number of nitrogens with zero attached hydrogens (tertiary/aromatic N) is 3. The Labute approximate surface area is 236 Å². The summed E-state index contributed by atoms with van der Waals surface area (Å²) in [4.78, 5) is 21.2. The number of aromatic nitrogens is 1. The third kappa shape index (κ3) is 6.91. The van der Waals surface area contributed by atoms with Crippen LogP contribution < -0.4 is 15.0 Å². The molecule has 0 bridgehead atoms. The zero-order valence-electron chi connectivity index (χ0n) is 23.8. The van der Waals surface area contributed by atoms with Crippen LogP contribution in [0.5, 0.6) is 5.88 Å². The highest BCUT2D eigenvalue weighted by molar-refractivity contribution is 5.71. The van der Waals surface area contributed by atoms with Crippen LogP contribution >= 0.6 is 0 Å². The number of alkyl carbamates (subject to hydrolysis) is 1. The van der Waals surface area contributed by atoms with Gasteiger partial charge in [0.1, 0.15) is 18.0 Å². The number of ether oxygens (including phenoxy) is 2. The van der Waals surface area contributed by atoms with Crippen molar-refractivity contribution in [2.45, 2.75) is 64.8 Å². The smallest absolute Gasteiger partial charge is 0.407 e. The molecule has 0 atom stereocenters. The van der Waals surface area contributed by atoms with E-state index in [-0.39, 0.29) is 18.0 Å². The molecule has 3 heterocycles. The van der Waals surface area contributed by atoms with Crippen molar-refractivity contribution < 1.29 is 18.7 Å². The summed E-state index contributed by atoms with van der Waals surface area (Å²) in [5.41, 5.74) is 3.54. The average Bonchev–Trinajstić information content (AvgIpc) is 2.88. The number of carbonyl (C=O) groups is 1. The molecule has 2 fully saturated rings. The molecule has 1 aromatic heterocycles. The largest absolute Gasteiger partial charge is 0.472 e. The fraction of sp³-hybridized carbons (Fsp3) is 0.438. The quantitative estimate of drug-likeness (QED) is 0.395. The van der Waals surface area contributed by atoms with Crippen molar-refractivity contribution in [3.05, 3.63) is 77.7 Å². The second-order valence-corrected chi connectivity index (χ2v) is 11.8. The van der Waals surface area contributed by atoms with E-state index in [2.05, 4.69) is 20.1 Å². The van der Waals surface area contributed by atoms with E-state index in [9.17, 15) is 4.79 Å². The van der Waals surface area contributed by atoms with Crippen LogP contribution in [-0.2, 0) is 11.3 Å². The van der Waals surface area contributed by atoms with Crippen LogP contribution in [0.2, 0.25) is 0 Å². The van der Waals surface area contributed by atoms with E-state index in [1.165, 1.54) is 0 Å². The monoisotopic (exact) mass is 546 g/mol. The highest BCUT2D eigenvalue weighted by atomic mass is 19.1. The molecule has 0 unspecified atom stereocenters. The number of amides is 1. The van der Waals surface area contributed by atoms with Gasteiger partial charge in [-0.25, -0.2) is 14.2 Å². The summed E-state index contributed by atoms with van der Waals surface area (Å²) in [6, 6.07) is 19.7. The van der Waals surface area contributed by atoms with E-state index in [1.54, 1.807) is 6.07 Å². The van der Waals surface area contributed by atoms with Gasteiger partial charge in [-0.3, -0.25) is 4.90 Å². The first-order valence-electron chi connectivity index (χ1n) is 14.1. The predicted molar refractivity (Wildman–Crippen MR) is 155 cm³/mol. The third-order valence-corrected chi connectivity index (χ3v) is 7.45. The van der Waals surface area contributed by atoms with Crippen molar-refractivity contribution in [1.29, 1.82) is 0 Å². The highest BCUT2D eigenvalue weighted by Gasteiger charge is 2.35. The maximum absolute atomic E-state index is 15.4. The zero-order valence-corrected chi connectivity index (χ0v) is 23.8. The number of aryl methyl sites for hydroxylation is 1. The van der Waals surface area contributed by atoms with Crippen molar-refractivity contribution in [2.24, 2.45) is 0 Å². The second kappa shape index (κ2) is 11.8. The first kappa shape index (κ1) is 27.9. The summed E-state index contributed by atoms with van der Waals surface area (Å²) in [5, 5.41) is 2.99. The predicted octanol–water partition coefficient (Wildman–Crippen LogP) is 5.95. The van der Waals surface area contributed by atoms with Gasteiger partial charge in [-0.2, -0.15) is 0 Å². The normalized spacial score (nSPS) is 16.9. The van der Waals surface area contributed by atoms with Crippen LogP contribution in [0.15, 0.2) is 60.7 Å². The van der Waals surface area contributed by atoms with Crippen molar-refractivity contribution >= 4 is 11.8 Å². The number of carbonyl (C=O) groups excluding carboxylic acids is 1. The molecule has 0 radical (unpaired) electrons. The van der Waals surface area contributed by atoms with Crippen LogP contribution in [0, 0.1) is 12.7 Å². The Kier molecular flexibility index (Phi) is 8.26. The number of pyridine rings is 1. The minimum absolute atomic E-state index is 0.130. The molecular formula is C32H39FN4O3. The number of hydrogen-bond acceptors (Lipinski definition) is 6. The molecule has 3 aromatic rings. The Morgan fingerprint density at radius 2 is 1.77 bits per heavy atom. The number of anilines is 1. The van der Waals surface area contributed by atoms with E-state index < -0.39 is 5.60 Å². The topological polar surface area (TPSA) is 66.9 Å². The van der Waals surface area contributed by atoms with Crippen molar-refractivity contribution in [1.82, 2.24) is 15.2 Å². The van der Waals surface area contributed by atoms with Gasteiger partial charge in [0.2, 0.25) is 5.88 Å². The molecule has 0 spiro atoms. The summed E-state index contributed by atoms with van der Waals surface area (Å²) < 4.78 is 26.8. The number of piperidine rings is 1. The summed E-state index contributed by atoms with van der Waals surface area (Å²) in [6.07, 6.45) is 1.42. The molecule has 1 amide bonds. The maximum Gasteiger partial charge on any atom is 0.407 e. The molecule has 1 N–H and O–H groups in total. The maximum atomic E-state index is 15.4. The summed E-state index contributed by atoms with van der Waals surface area (Å²) in [6.45, 7) is 11.3. The number of nitrogens with one attached hydrogen (secondary N) is 1. The van der Waals surface area contributed by atoms with Gasteiger partial charge in [-0.05, 0) is 75.9 Å². The number of rotatable bonds is 7. The van der Waals surface area contributed by atoms with Crippen LogP contribution in [-0.4, -0.2) is 59.8 Å². The van der Waals surface area contributed by atoms with Crippen molar-refractivity contribution in [3.8, 4) is 17.0 Å². The zero-order chi connectivity index (χ0) is 28.3. The third-order valence-electron chi connectivity index (χ3n) is 7.45. The number of benzene rings is 2. The van der Waals surface area contributed by atoms with Crippen LogP contribution in [0.3, 0.4) is 0 Å². The van der Waals surface area contributed by atoms with Gasteiger partial charge in [-0.1, -0.05) is 36.4 Å². The van der Waals surface area contributed by atoms with E-state index >= 15 is 4.39 Å². The molecule has 2 aliphatic heterocycles. The lowest BCUT2D eigenvalue weighted by molar-refractivity contribution is 0.0462. The molecule has 2 aliphatic rings. The average molecular weight is 547 g/mol. The fourth-order valence-electron chi connectivity index (χ4n) is 5.29. The van der Waals surface area contributed by atoms with Gasteiger partial charge < -0.3 is 19.7 Å². The summed E-state index contributed by atoms with van der Waals surface area (Å²) >= 11 is 0. The van der Waals surface area contributed by atoms with Crippen LogP contribution in [0.25, 0.3) is 11.1 Å². The molecule has 212 valence electrons. The Morgan fingerprint density at radius 3 is 2.45 bits per heavy atom. The van der Waals surface area contributed by atoms with Gasteiger partial charge in [0.05, 0.1) is 5.69 Å². The highest BCUT2D eigenvalue weighted by Crippen LogP contribution is 2.34. The van der Waals surface area contributed by atoms with Crippen molar-refractivity contribution in [3.63, 3.8) is 0 Å². The Hall–Kier alpha value is -3.65. The van der Waals surface area contributed by atoms with Gasteiger partial charge in [0.25, 0.3) is 0 Å². The Balaban J connectivity index is 1.16. The molecular weight excluding hydrogens is 507 g/mol. The van der Waals surface area contributed by atoms with Crippen LogP contribution in [0.4, 0.5) is 14.9 Å². The molecule has 2 aromatic carbocycles. The molecule has 8 heteroatoms. The minimum atomic E-state index is -0.497. The molecule has 2 saturated heterocycles. The lowest BCUT2D eigenvalue weighted by Gasteiger charge is -2.48. The van der Waals surface area contributed by atoms with Gasteiger partial charge >= 0.3 is 6.09 Å². The minimum Gasteiger partial charge on any atom is -0.472 e. The lowest BCUT2D eigenvalue weighted by Crippen LogP contribution is -2.62. The summed E-state index contributed by atoms with van der Waals surface area (Å²) in [7, 11) is 0. The number of hydrogen-bond donors (Lipinski definition) is 1. The number of halogens is 1. The van der Waals surface area contributed by atoms with Gasteiger partial charge in [-0.15, -0.1) is 0 Å². The lowest BCUT2D eigenvalue weighted by atomic mass is 9.98. The molecule has 0 saturated carbocycles. The first-order chi connectivity index (χ1) is 19.1. The van der Waals surface area contributed by atoms with E-state index in [4.69, 9.17) is 9.47 Å². The summed E-state index contributed by atoms with van der Waals surface area (Å²) in [5.74, 6) is 0.260. The van der Waals surface area contributed by atoms with Crippen molar-refractivity contribution in [2.75, 3.05) is 31.1 Å². The standard InChI is InChI=1S/C32H39FN4O3/c1-22-10-12-27(30(34-22)39-21-23-8-6-5-7-9-23)24-11-13-29(28(33)18-24)37-19-26(20-37)36-16-14-25(15-17-36)35-31(38)40-32(2,3)4/h5-13,18,25-26H,14-17,19-21H2,1-4H3,(H,35,38). The fourth-order valence-corrected chi connectivity index (χ4v) is 5.29. The van der Waals surface area contributed by atoms with E-state index in [0.717, 1.165) is 61.4 Å². The number of likely N-dealkylation sites (tertiary alicyclic amines) is 1. The van der Waals surface area contributed by atoms with Crippen LogP contribution in [0.1, 0.15) is 44.9 Å². The molecule has 40 heavy (non-hydrogen) atoms. The first-order valence-corrected chi connectivity index (χ1v) is 14.1. The molecule has 0 aliphatic carbocycles. The Bertz CT molecular complexity index is 1310. The van der Waals surface area contributed by atoms with E-state index in [1.807, 2.05) is 82.3 Å². The van der Waals surface area contributed by atoms with Gasteiger partial charge in [0, 0.05) is 49.5 Å². The SMILES string of the molecule is Cc1ccc(-c2ccc(N3CC(N4CCC(NC(=O)OC(C)(C)C)CC4)C3)c(F)c2)c(OCc2ccccc2)n1. The molecule has 7 nitrogen and oxygen atoms in total.